The van der Waals surface area contributed by atoms with Gasteiger partial charge in [0.2, 0.25) is 5.60 Å². The van der Waals surface area contributed by atoms with Crippen molar-refractivity contribution in [2.24, 2.45) is 45.8 Å². The Morgan fingerprint density at radius 3 is 2.06 bits per heavy atom. The third-order valence-corrected chi connectivity index (χ3v) is 13.9. The van der Waals surface area contributed by atoms with Crippen LogP contribution >= 0.6 is 0 Å². The SMILES string of the molecule is CCO[C@@]12CC(C)[C@H]3O[C@@]3(C(=O)OC)C1[C@@H](OC(C)=O)[C@@H](OC(C)=O)[C@@]1(C)C2CC[C@]2(C)C1[C@H](OC(C)=O)[C@H](O)[C@@]1(C(C)OC(C)=O)COC(O)[C@H]12. The molecular formula is C37H54O15. The number of aliphatic hydroxyl groups is 2. The van der Waals surface area contributed by atoms with Gasteiger partial charge in [0, 0.05) is 51.6 Å². The maximum atomic E-state index is 13.9. The summed E-state index contributed by atoms with van der Waals surface area (Å²) >= 11 is 0. The lowest BCUT2D eigenvalue weighted by Crippen LogP contribution is -2.81. The van der Waals surface area contributed by atoms with Gasteiger partial charge in [-0.2, -0.15) is 0 Å². The second-order valence-corrected chi connectivity index (χ2v) is 16.5. The van der Waals surface area contributed by atoms with Crippen LogP contribution in [0.1, 0.15) is 81.6 Å². The second-order valence-electron chi connectivity index (χ2n) is 16.5. The summed E-state index contributed by atoms with van der Waals surface area (Å²) in [5.74, 6) is -7.00. The van der Waals surface area contributed by atoms with Crippen LogP contribution in [-0.4, -0.2) is 114 Å². The Balaban J connectivity index is 1.66. The standard InChI is InChI=1S/C37H54O15/c1-11-47-36-14-16(2)29-37(52-29,32(44)45-10)26(36)24(50-20(6)40)30(51-21(7)41)34(9)22(36)12-13-33(8)25(34)23(49-19(5)39)28(42)35(17(3)48-18(4)38)15-46-31(43)27(33)35/h16-17,22-31,42-43H,11-15H2,1-10H3/t16?,17?,22?,23-,24+,25?,26?,27-,28-,29+,30+,31?,33+,34-,35+,36+,37-/m0/s1. The number of epoxide rings is 1. The van der Waals surface area contributed by atoms with E-state index in [-0.39, 0.29) is 19.1 Å². The van der Waals surface area contributed by atoms with Crippen LogP contribution in [0.3, 0.4) is 0 Å². The number of esters is 5. The number of hydrogen-bond acceptors (Lipinski definition) is 15. The number of aliphatic hydroxyl groups excluding tert-OH is 2. The lowest BCUT2D eigenvalue weighted by Gasteiger charge is -2.73. The quantitative estimate of drug-likeness (QED) is 0.207. The van der Waals surface area contributed by atoms with Crippen LogP contribution in [0.25, 0.3) is 0 Å². The van der Waals surface area contributed by atoms with E-state index in [1.807, 2.05) is 27.7 Å². The molecule has 52 heavy (non-hydrogen) atoms. The monoisotopic (exact) mass is 738 g/mol. The molecule has 15 heteroatoms. The van der Waals surface area contributed by atoms with E-state index in [9.17, 15) is 34.2 Å². The molecule has 6 rings (SSSR count). The van der Waals surface area contributed by atoms with Gasteiger partial charge in [0.05, 0.1) is 30.7 Å². The third-order valence-electron chi connectivity index (χ3n) is 13.9. The number of rotatable bonds is 8. The Labute approximate surface area is 303 Å². The zero-order valence-corrected chi connectivity index (χ0v) is 31.7. The fourth-order valence-electron chi connectivity index (χ4n) is 12.9. The van der Waals surface area contributed by atoms with Gasteiger partial charge in [0.15, 0.2) is 6.29 Å². The molecule has 0 aromatic carbocycles. The van der Waals surface area contributed by atoms with Gasteiger partial charge in [-0.15, -0.1) is 0 Å². The number of methoxy groups -OCH3 is 1. The van der Waals surface area contributed by atoms with E-state index >= 15 is 0 Å². The van der Waals surface area contributed by atoms with Crippen LogP contribution in [0.4, 0.5) is 0 Å². The number of carbonyl (C=O) groups excluding carboxylic acids is 5. The minimum Gasteiger partial charge on any atom is -0.467 e. The predicted molar refractivity (Wildman–Crippen MR) is 175 cm³/mol. The Hall–Kier alpha value is -2.85. The summed E-state index contributed by atoms with van der Waals surface area (Å²) in [4.78, 5) is 65.6. The molecule has 2 saturated heterocycles. The number of carbonyl (C=O) groups is 5. The molecule has 15 nitrogen and oxygen atoms in total. The van der Waals surface area contributed by atoms with Crippen molar-refractivity contribution in [1.82, 2.24) is 0 Å². The number of fused-ring (bicyclic) bond motifs is 9. The third kappa shape index (κ3) is 5.04. The van der Waals surface area contributed by atoms with E-state index in [0.29, 0.717) is 19.3 Å². The van der Waals surface area contributed by atoms with E-state index in [1.54, 1.807) is 6.92 Å². The first-order chi connectivity index (χ1) is 24.2. The molecule has 0 spiro atoms. The molecule has 17 atom stereocenters. The van der Waals surface area contributed by atoms with Crippen molar-refractivity contribution in [2.75, 3.05) is 20.3 Å². The molecule has 0 aromatic rings. The average Bonchev–Trinajstić information content (AvgIpc) is 3.69. The van der Waals surface area contributed by atoms with Gasteiger partial charge in [0.1, 0.15) is 36.6 Å². The van der Waals surface area contributed by atoms with Crippen molar-refractivity contribution in [1.29, 1.82) is 0 Å². The lowest BCUT2D eigenvalue weighted by atomic mass is 9.33. The molecule has 2 aliphatic heterocycles. The Morgan fingerprint density at radius 1 is 0.885 bits per heavy atom. The average molecular weight is 739 g/mol. The van der Waals surface area contributed by atoms with Gasteiger partial charge in [0.25, 0.3) is 0 Å². The summed E-state index contributed by atoms with van der Waals surface area (Å²) in [5.41, 5.74) is -6.67. The molecule has 0 aromatic heterocycles. The van der Waals surface area contributed by atoms with Crippen LogP contribution in [0.5, 0.6) is 0 Å². The zero-order valence-electron chi connectivity index (χ0n) is 31.7. The van der Waals surface area contributed by atoms with Crippen molar-refractivity contribution >= 4 is 29.8 Å². The van der Waals surface area contributed by atoms with E-state index < -0.39 is 124 Å². The maximum Gasteiger partial charge on any atom is 0.341 e. The highest BCUT2D eigenvalue weighted by atomic mass is 16.7. The van der Waals surface area contributed by atoms with E-state index in [0.717, 1.165) is 0 Å². The fourth-order valence-corrected chi connectivity index (χ4v) is 12.9. The highest BCUT2D eigenvalue weighted by Gasteiger charge is 2.87. The minimum atomic E-state index is -1.59. The highest BCUT2D eigenvalue weighted by Crippen LogP contribution is 2.77. The highest BCUT2D eigenvalue weighted by molar-refractivity contribution is 5.85. The Morgan fingerprint density at radius 2 is 1.50 bits per heavy atom. The smallest absolute Gasteiger partial charge is 0.341 e. The molecule has 6 fully saturated rings. The van der Waals surface area contributed by atoms with Crippen LogP contribution in [0.15, 0.2) is 0 Å². The predicted octanol–water partition coefficient (Wildman–Crippen LogP) is 1.85. The fraction of sp³-hybridized carbons (Fsp3) is 0.865. The first kappa shape index (κ1) is 38.9. The first-order valence-corrected chi connectivity index (χ1v) is 18.3. The zero-order chi connectivity index (χ0) is 38.5. The molecular weight excluding hydrogens is 684 g/mol. The van der Waals surface area contributed by atoms with Crippen LogP contribution in [0.2, 0.25) is 0 Å². The van der Waals surface area contributed by atoms with Crippen molar-refractivity contribution in [3.05, 3.63) is 0 Å². The molecule has 0 radical (unpaired) electrons. The van der Waals surface area contributed by atoms with Gasteiger partial charge < -0.3 is 48.1 Å². The molecule has 6 unspecified atom stereocenters. The molecule has 4 aliphatic carbocycles. The number of hydrogen-bond donors (Lipinski definition) is 2. The van der Waals surface area contributed by atoms with Gasteiger partial charge in [-0.3, -0.25) is 19.2 Å². The summed E-state index contributed by atoms with van der Waals surface area (Å²) in [6.45, 7) is 14.1. The topological polar surface area (TPSA) is 203 Å². The maximum absolute atomic E-state index is 13.9. The summed E-state index contributed by atoms with van der Waals surface area (Å²) in [7, 11) is 1.26. The van der Waals surface area contributed by atoms with E-state index in [4.69, 9.17) is 37.9 Å². The van der Waals surface area contributed by atoms with Crippen LogP contribution in [-0.2, 0) is 61.9 Å². The Kier molecular flexibility index (Phi) is 9.63. The van der Waals surface area contributed by atoms with Crippen molar-refractivity contribution < 1.29 is 72.1 Å². The molecule has 2 heterocycles. The second kappa shape index (κ2) is 12.9. The van der Waals surface area contributed by atoms with Crippen LogP contribution < -0.4 is 0 Å². The van der Waals surface area contributed by atoms with Gasteiger partial charge >= 0.3 is 29.8 Å². The van der Waals surface area contributed by atoms with Crippen molar-refractivity contribution in [2.45, 2.75) is 136 Å². The minimum absolute atomic E-state index is 0.193. The van der Waals surface area contributed by atoms with Gasteiger partial charge in [-0.05, 0) is 50.4 Å². The van der Waals surface area contributed by atoms with E-state index in [2.05, 4.69) is 0 Å². The molecule has 0 amide bonds. The summed E-state index contributed by atoms with van der Waals surface area (Å²) in [5, 5.41) is 24.4. The molecule has 0 bridgehead atoms. The van der Waals surface area contributed by atoms with Gasteiger partial charge in [-0.25, -0.2) is 4.79 Å². The molecule has 4 saturated carbocycles. The van der Waals surface area contributed by atoms with Crippen molar-refractivity contribution in [3.63, 3.8) is 0 Å². The normalized spacial score (nSPS) is 49.0. The van der Waals surface area contributed by atoms with Crippen molar-refractivity contribution in [3.8, 4) is 0 Å². The van der Waals surface area contributed by atoms with Crippen LogP contribution in [0, 0.1) is 45.8 Å². The Bertz CT molecular complexity index is 1500. The lowest BCUT2D eigenvalue weighted by molar-refractivity contribution is -0.349. The van der Waals surface area contributed by atoms with E-state index in [1.165, 1.54) is 34.8 Å². The summed E-state index contributed by atoms with van der Waals surface area (Å²) in [6, 6.07) is 0. The van der Waals surface area contributed by atoms with Gasteiger partial charge in [-0.1, -0.05) is 20.8 Å². The summed E-state index contributed by atoms with van der Waals surface area (Å²) in [6.07, 6.45) is -7.42. The molecule has 2 N–H and O–H groups in total. The molecule has 292 valence electrons. The summed E-state index contributed by atoms with van der Waals surface area (Å²) < 4.78 is 48.8. The largest absolute Gasteiger partial charge is 0.467 e. The number of ether oxygens (including phenoxy) is 8. The molecule has 6 aliphatic rings. The first-order valence-electron chi connectivity index (χ1n) is 18.3.